The summed E-state index contributed by atoms with van der Waals surface area (Å²) in [6.45, 7) is 8.28. The molecule has 7 heteroatoms. The second kappa shape index (κ2) is 11.7. The zero-order valence-corrected chi connectivity index (χ0v) is 21.0. The first-order valence-electron chi connectivity index (χ1n) is 12.4. The highest BCUT2D eigenvalue weighted by atomic mass is 16.1. The van der Waals surface area contributed by atoms with E-state index in [-0.39, 0.29) is 11.9 Å². The normalized spacial score (nSPS) is 15.8. The third kappa shape index (κ3) is 5.21. The molecule has 1 N–H and O–H groups in total. The molecule has 1 aliphatic rings. The van der Waals surface area contributed by atoms with E-state index in [4.69, 9.17) is 0 Å². The maximum atomic E-state index is 13.6. The lowest BCUT2D eigenvalue weighted by molar-refractivity contribution is -0.104. The van der Waals surface area contributed by atoms with Gasteiger partial charge in [-0.1, -0.05) is 36.8 Å². The third-order valence-electron chi connectivity index (χ3n) is 6.78. The number of amides is 1. The fraction of sp³-hybridized carbons (Fsp3) is 0.310. The minimum atomic E-state index is -0.171. The van der Waals surface area contributed by atoms with Crippen LogP contribution in [0.3, 0.4) is 0 Å². The van der Waals surface area contributed by atoms with E-state index in [0.29, 0.717) is 17.9 Å². The minimum absolute atomic E-state index is 0.0187. The topological polar surface area (TPSA) is 79.6 Å². The predicted octanol–water partition coefficient (Wildman–Crippen LogP) is 4.45. The van der Waals surface area contributed by atoms with Gasteiger partial charge in [-0.15, -0.1) is 0 Å². The number of aromatic nitrogens is 2. The number of aldehydes is 1. The van der Waals surface area contributed by atoms with Gasteiger partial charge in [0.2, 0.25) is 0 Å². The molecule has 7 nitrogen and oxygen atoms in total. The first kappa shape index (κ1) is 25.3. The standard InChI is InChI=1S/C29H33N5O2/c1-4-22-10-8-12-25-27(22)24(20-34(25)28-23(18-30-3)11-9-14-31-28)29(36)32-19-26(21(2)13-17-35)33-15-6-5-7-16-33/h4,8-14,17-18,20,26H,1,5-7,15-16,19H2,2-3H3,(H,32,36)/b21-13+,30-18?. The van der Waals surface area contributed by atoms with Crippen LogP contribution in [0.4, 0.5) is 0 Å². The summed E-state index contributed by atoms with van der Waals surface area (Å²) in [6.07, 6.45) is 13.0. The average Bonchev–Trinajstić information content (AvgIpc) is 3.30. The van der Waals surface area contributed by atoms with Crippen molar-refractivity contribution in [1.29, 1.82) is 0 Å². The van der Waals surface area contributed by atoms with Crippen LogP contribution in [0.15, 0.2) is 65.9 Å². The van der Waals surface area contributed by atoms with E-state index >= 15 is 0 Å². The van der Waals surface area contributed by atoms with Gasteiger partial charge in [0.1, 0.15) is 12.1 Å². The number of nitrogens with zero attached hydrogens (tertiary/aromatic N) is 4. The fourth-order valence-electron chi connectivity index (χ4n) is 4.99. The number of carbonyl (C=O) groups is 2. The van der Waals surface area contributed by atoms with Gasteiger partial charge >= 0.3 is 0 Å². The number of carbonyl (C=O) groups excluding carboxylic acids is 2. The highest BCUT2D eigenvalue weighted by Gasteiger charge is 2.24. The van der Waals surface area contributed by atoms with E-state index in [1.807, 2.05) is 48.0 Å². The molecule has 1 saturated heterocycles. The summed E-state index contributed by atoms with van der Waals surface area (Å²) >= 11 is 0. The minimum Gasteiger partial charge on any atom is -0.350 e. The Hall–Kier alpha value is -3.84. The van der Waals surface area contributed by atoms with Crippen LogP contribution in [-0.4, -0.2) is 65.6 Å². The maximum Gasteiger partial charge on any atom is 0.253 e. The number of likely N-dealkylation sites (tertiary alicyclic amines) is 1. The van der Waals surface area contributed by atoms with Gasteiger partial charge < -0.3 is 5.32 Å². The summed E-state index contributed by atoms with van der Waals surface area (Å²) in [5.41, 5.74) is 4.11. The molecule has 0 saturated carbocycles. The Balaban J connectivity index is 1.72. The number of hydrogen-bond donors (Lipinski definition) is 1. The fourth-order valence-corrected chi connectivity index (χ4v) is 4.99. The summed E-state index contributed by atoms with van der Waals surface area (Å²) in [5.74, 6) is 0.528. The number of hydrogen-bond acceptors (Lipinski definition) is 5. The molecule has 0 spiro atoms. The van der Waals surface area contributed by atoms with Crippen molar-refractivity contribution < 1.29 is 9.59 Å². The molecule has 1 atom stereocenters. The van der Waals surface area contributed by atoms with Crippen molar-refractivity contribution in [3.63, 3.8) is 0 Å². The van der Waals surface area contributed by atoms with E-state index in [1.54, 1.807) is 31.6 Å². The number of nitrogens with one attached hydrogen (secondary N) is 1. The molecular weight excluding hydrogens is 450 g/mol. The van der Waals surface area contributed by atoms with Crippen molar-refractivity contribution in [3.8, 4) is 5.82 Å². The van der Waals surface area contributed by atoms with E-state index in [2.05, 4.69) is 26.8 Å². The molecule has 0 radical (unpaired) electrons. The molecule has 0 bridgehead atoms. The summed E-state index contributed by atoms with van der Waals surface area (Å²) in [5, 5.41) is 3.98. The number of pyridine rings is 1. The van der Waals surface area contributed by atoms with Crippen molar-refractivity contribution in [2.45, 2.75) is 32.2 Å². The summed E-state index contributed by atoms with van der Waals surface area (Å²) < 4.78 is 1.94. The third-order valence-corrected chi connectivity index (χ3v) is 6.78. The van der Waals surface area contributed by atoms with E-state index in [1.165, 1.54) is 6.42 Å². The molecule has 0 aliphatic carbocycles. The summed E-state index contributed by atoms with van der Waals surface area (Å²) in [4.78, 5) is 35.9. The summed E-state index contributed by atoms with van der Waals surface area (Å²) in [6, 6.07) is 9.68. The zero-order chi connectivity index (χ0) is 25.5. The highest BCUT2D eigenvalue weighted by molar-refractivity contribution is 6.10. The van der Waals surface area contributed by atoms with Gasteiger partial charge in [-0.05, 0) is 62.7 Å². The van der Waals surface area contributed by atoms with Crippen LogP contribution in [0, 0.1) is 0 Å². The van der Waals surface area contributed by atoms with Crippen LogP contribution < -0.4 is 5.32 Å². The second-order valence-electron chi connectivity index (χ2n) is 9.03. The van der Waals surface area contributed by atoms with Gasteiger partial charge in [0.05, 0.1) is 11.1 Å². The first-order valence-corrected chi connectivity index (χ1v) is 12.4. The Bertz CT molecular complexity index is 1310. The lowest BCUT2D eigenvalue weighted by Gasteiger charge is -2.35. The Labute approximate surface area is 212 Å². The largest absolute Gasteiger partial charge is 0.350 e. The highest BCUT2D eigenvalue weighted by Crippen LogP contribution is 2.29. The average molecular weight is 484 g/mol. The van der Waals surface area contributed by atoms with Crippen LogP contribution in [0.25, 0.3) is 22.8 Å². The molecule has 3 heterocycles. The van der Waals surface area contributed by atoms with Crippen LogP contribution in [0.1, 0.15) is 47.7 Å². The smallest absolute Gasteiger partial charge is 0.253 e. The summed E-state index contributed by atoms with van der Waals surface area (Å²) in [7, 11) is 1.72. The van der Waals surface area contributed by atoms with Crippen molar-refractivity contribution in [3.05, 3.63) is 77.6 Å². The van der Waals surface area contributed by atoms with E-state index in [9.17, 15) is 9.59 Å². The molecule has 3 aromatic rings. The van der Waals surface area contributed by atoms with Gasteiger partial charge in [0.25, 0.3) is 5.91 Å². The van der Waals surface area contributed by atoms with Crippen LogP contribution >= 0.6 is 0 Å². The quantitative estimate of drug-likeness (QED) is 0.277. The Kier molecular flexibility index (Phi) is 8.23. The van der Waals surface area contributed by atoms with Crippen LogP contribution in [0.2, 0.25) is 0 Å². The van der Waals surface area contributed by atoms with Crippen molar-refractivity contribution in [1.82, 2.24) is 19.8 Å². The van der Waals surface area contributed by atoms with Gasteiger partial charge in [-0.3, -0.25) is 24.0 Å². The Morgan fingerprint density at radius 1 is 1.19 bits per heavy atom. The second-order valence-corrected chi connectivity index (χ2v) is 9.03. The van der Waals surface area contributed by atoms with E-state index < -0.39 is 0 Å². The Morgan fingerprint density at radius 2 is 1.97 bits per heavy atom. The molecule has 1 aliphatic heterocycles. The molecular formula is C29H33N5O2. The van der Waals surface area contributed by atoms with Crippen molar-refractivity contribution in [2.75, 3.05) is 26.7 Å². The van der Waals surface area contributed by atoms with Gasteiger partial charge in [0.15, 0.2) is 0 Å². The van der Waals surface area contributed by atoms with Gasteiger partial charge in [0, 0.05) is 49.2 Å². The van der Waals surface area contributed by atoms with Crippen molar-refractivity contribution >= 4 is 35.4 Å². The number of aliphatic imine (C=N–C) groups is 1. The molecule has 1 amide bonds. The molecule has 186 valence electrons. The van der Waals surface area contributed by atoms with Gasteiger partial charge in [-0.2, -0.15) is 0 Å². The number of allylic oxidation sites excluding steroid dienone is 1. The lowest BCUT2D eigenvalue weighted by Crippen LogP contribution is -2.46. The predicted molar refractivity (Wildman–Crippen MR) is 146 cm³/mol. The number of benzene rings is 1. The molecule has 4 rings (SSSR count). The Morgan fingerprint density at radius 3 is 2.69 bits per heavy atom. The first-order chi connectivity index (χ1) is 17.6. The van der Waals surface area contributed by atoms with E-state index in [0.717, 1.165) is 59.8 Å². The maximum absolute atomic E-state index is 13.6. The molecule has 36 heavy (non-hydrogen) atoms. The zero-order valence-electron chi connectivity index (χ0n) is 21.0. The van der Waals surface area contributed by atoms with Gasteiger partial charge in [-0.25, -0.2) is 4.98 Å². The molecule has 1 unspecified atom stereocenters. The van der Waals surface area contributed by atoms with Crippen LogP contribution in [-0.2, 0) is 4.79 Å². The number of fused-ring (bicyclic) bond motifs is 1. The molecule has 2 aromatic heterocycles. The van der Waals surface area contributed by atoms with Crippen molar-refractivity contribution in [2.24, 2.45) is 4.99 Å². The number of rotatable bonds is 9. The molecule has 1 aromatic carbocycles. The van der Waals surface area contributed by atoms with Crippen LogP contribution in [0.5, 0.6) is 0 Å². The monoisotopic (exact) mass is 483 g/mol. The lowest BCUT2D eigenvalue weighted by atomic mass is 10.0. The molecule has 1 fully saturated rings. The SMILES string of the molecule is C=Cc1cccc2c1c(C(=O)NCC(/C(C)=C/C=O)N1CCCCC1)cn2-c1ncccc1C=NC. The number of piperidine rings is 1.